The number of carbonyl (C=O) groups is 2. The van der Waals surface area contributed by atoms with Crippen molar-refractivity contribution in [2.45, 2.75) is 25.9 Å². The molecule has 1 aliphatic rings. The number of hydrogen-bond donors (Lipinski definition) is 1. The van der Waals surface area contributed by atoms with Crippen LogP contribution in [-0.4, -0.2) is 43.0 Å². The van der Waals surface area contributed by atoms with Crippen LogP contribution in [0.15, 0.2) is 18.2 Å². The molecule has 1 aromatic rings. The molecule has 0 radical (unpaired) electrons. The second-order valence-electron chi connectivity index (χ2n) is 5.12. The van der Waals surface area contributed by atoms with Crippen molar-refractivity contribution in [3.8, 4) is 0 Å². The molecule has 1 fully saturated rings. The highest BCUT2D eigenvalue weighted by molar-refractivity contribution is 6.31. The molecular formula is C15H19ClN2O3. The summed E-state index contributed by atoms with van der Waals surface area (Å²) in [6.07, 6.45) is 0.729. The molecule has 0 spiro atoms. The number of nitrogens with zero attached hydrogens (tertiary/aromatic N) is 1. The number of carbonyl (C=O) groups excluding carboxylic acids is 2. The minimum atomic E-state index is -0.328. The fraction of sp³-hybridized carbons (Fsp3) is 0.467. The summed E-state index contributed by atoms with van der Waals surface area (Å²) in [5.74, 6) is -0.502. The van der Waals surface area contributed by atoms with Crippen molar-refractivity contribution in [3.05, 3.63) is 28.8 Å². The zero-order chi connectivity index (χ0) is 15.4. The fourth-order valence-corrected chi connectivity index (χ4v) is 2.51. The van der Waals surface area contributed by atoms with Gasteiger partial charge in [0.1, 0.15) is 6.42 Å². The Morgan fingerprint density at radius 1 is 1.48 bits per heavy atom. The van der Waals surface area contributed by atoms with Crippen LogP contribution in [0.4, 0.5) is 5.69 Å². The number of hydrogen-bond acceptors (Lipinski definition) is 3. The number of amides is 2. The van der Waals surface area contributed by atoms with Crippen molar-refractivity contribution in [2.24, 2.45) is 0 Å². The van der Waals surface area contributed by atoms with Crippen LogP contribution in [0, 0.1) is 6.92 Å². The van der Waals surface area contributed by atoms with Crippen molar-refractivity contribution in [2.75, 3.05) is 25.5 Å². The van der Waals surface area contributed by atoms with Crippen LogP contribution in [0.5, 0.6) is 0 Å². The zero-order valence-corrected chi connectivity index (χ0v) is 12.9. The van der Waals surface area contributed by atoms with Gasteiger partial charge in [-0.05, 0) is 31.0 Å². The summed E-state index contributed by atoms with van der Waals surface area (Å²) in [6, 6.07) is 5.28. The number of benzene rings is 1. The number of ether oxygens (including phenoxy) is 1. The summed E-state index contributed by atoms with van der Waals surface area (Å²) in [5.41, 5.74) is 1.43. The first-order chi connectivity index (χ1) is 10.0. The van der Waals surface area contributed by atoms with E-state index in [-0.39, 0.29) is 24.3 Å². The number of nitrogens with one attached hydrogen (secondary N) is 1. The van der Waals surface area contributed by atoms with Gasteiger partial charge >= 0.3 is 0 Å². The predicted molar refractivity (Wildman–Crippen MR) is 81.4 cm³/mol. The Morgan fingerprint density at radius 3 is 2.90 bits per heavy atom. The molecular weight excluding hydrogens is 292 g/mol. The molecule has 0 saturated carbocycles. The third-order valence-electron chi connectivity index (χ3n) is 3.68. The van der Waals surface area contributed by atoms with Crippen LogP contribution >= 0.6 is 11.6 Å². The lowest BCUT2D eigenvalue weighted by Crippen LogP contribution is -2.32. The minimum Gasteiger partial charge on any atom is -0.380 e. The largest absolute Gasteiger partial charge is 0.380 e. The molecule has 1 atom stereocenters. The second kappa shape index (κ2) is 6.91. The topological polar surface area (TPSA) is 58.6 Å². The highest BCUT2D eigenvalue weighted by atomic mass is 35.5. The van der Waals surface area contributed by atoms with Crippen LogP contribution in [0.1, 0.15) is 18.4 Å². The van der Waals surface area contributed by atoms with E-state index in [4.69, 9.17) is 16.3 Å². The number of anilines is 1. The van der Waals surface area contributed by atoms with Gasteiger partial charge in [-0.2, -0.15) is 0 Å². The van der Waals surface area contributed by atoms with E-state index in [0.29, 0.717) is 23.8 Å². The second-order valence-corrected chi connectivity index (χ2v) is 5.53. The lowest BCUT2D eigenvalue weighted by Gasteiger charge is -2.16. The Bertz CT molecular complexity index is 548. The molecule has 114 valence electrons. The molecule has 2 amide bonds. The van der Waals surface area contributed by atoms with Gasteiger partial charge in [-0.3, -0.25) is 9.59 Å². The van der Waals surface area contributed by atoms with E-state index in [9.17, 15) is 9.59 Å². The van der Waals surface area contributed by atoms with Crippen LogP contribution in [-0.2, 0) is 14.3 Å². The van der Waals surface area contributed by atoms with Crippen LogP contribution < -0.4 is 5.32 Å². The summed E-state index contributed by atoms with van der Waals surface area (Å²) in [7, 11) is 1.63. The van der Waals surface area contributed by atoms with E-state index in [0.717, 1.165) is 12.0 Å². The molecule has 1 N–H and O–H groups in total. The highest BCUT2D eigenvalue weighted by Gasteiger charge is 2.27. The predicted octanol–water partition coefficient (Wildman–Crippen LogP) is 2.22. The van der Waals surface area contributed by atoms with Crippen LogP contribution in [0.25, 0.3) is 0 Å². The first-order valence-corrected chi connectivity index (χ1v) is 7.24. The molecule has 0 bridgehead atoms. The molecule has 1 heterocycles. The monoisotopic (exact) mass is 310 g/mol. The molecule has 6 heteroatoms. The van der Waals surface area contributed by atoms with Crippen molar-refractivity contribution >= 4 is 29.1 Å². The van der Waals surface area contributed by atoms with E-state index in [1.54, 1.807) is 30.2 Å². The first-order valence-electron chi connectivity index (χ1n) is 6.86. The summed E-state index contributed by atoms with van der Waals surface area (Å²) in [4.78, 5) is 25.7. The summed E-state index contributed by atoms with van der Waals surface area (Å²) in [6.45, 7) is 3.02. The number of halogens is 1. The molecule has 1 aromatic carbocycles. The fourth-order valence-electron chi connectivity index (χ4n) is 2.33. The van der Waals surface area contributed by atoms with Gasteiger partial charge in [0.25, 0.3) is 0 Å². The van der Waals surface area contributed by atoms with E-state index >= 15 is 0 Å². The summed E-state index contributed by atoms with van der Waals surface area (Å²) >= 11 is 6.00. The first kappa shape index (κ1) is 15.8. The van der Waals surface area contributed by atoms with Crippen molar-refractivity contribution in [1.29, 1.82) is 0 Å². The number of rotatable bonds is 4. The van der Waals surface area contributed by atoms with Gasteiger partial charge in [-0.25, -0.2) is 0 Å². The molecule has 0 aromatic heterocycles. The average molecular weight is 311 g/mol. The van der Waals surface area contributed by atoms with Gasteiger partial charge in [0, 0.05) is 30.9 Å². The van der Waals surface area contributed by atoms with E-state index in [1.807, 2.05) is 6.92 Å². The maximum absolute atomic E-state index is 12.0. The van der Waals surface area contributed by atoms with Crippen molar-refractivity contribution < 1.29 is 14.3 Å². The Kier molecular flexibility index (Phi) is 5.20. The molecule has 2 rings (SSSR count). The van der Waals surface area contributed by atoms with Crippen LogP contribution in [0.3, 0.4) is 0 Å². The molecule has 5 nitrogen and oxygen atoms in total. The van der Waals surface area contributed by atoms with E-state index in [1.165, 1.54) is 0 Å². The molecule has 1 saturated heterocycles. The maximum Gasteiger partial charge on any atom is 0.233 e. The maximum atomic E-state index is 12.0. The Hall–Kier alpha value is -1.59. The normalized spacial score (nSPS) is 17.9. The standard InChI is InChI=1S/C15H19ClN2O3/c1-10-12(16)4-3-5-13(10)17-14(19)8-15(20)18-7-6-11(9-18)21-2/h3-5,11H,6-9H2,1-2H3,(H,17,19)/t11-/m0/s1. The van der Waals surface area contributed by atoms with Crippen molar-refractivity contribution in [3.63, 3.8) is 0 Å². The van der Waals surface area contributed by atoms with Gasteiger partial charge in [0.15, 0.2) is 0 Å². The Labute approximate surface area is 129 Å². The quantitative estimate of drug-likeness (QED) is 0.868. The summed E-state index contributed by atoms with van der Waals surface area (Å²) < 4.78 is 5.21. The lowest BCUT2D eigenvalue weighted by atomic mass is 10.2. The summed E-state index contributed by atoms with van der Waals surface area (Å²) in [5, 5.41) is 3.31. The highest BCUT2D eigenvalue weighted by Crippen LogP contribution is 2.23. The van der Waals surface area contributed by atoms with Crippen molar-refractivity contribution in [1.82, 2.24) is 4.90 Å². The molecule has 0 unspecified atom stereocenters. The van der Waals surface area contributed by atoms with Crippen LogP contribution in [0.2, 0.25) is 5.02 Å². The van der Waals surface area contributed by atoms with E-state index in [2.05, 4.69) is 5.32 Å². The molecule has 21 heavy (non-hydrogen) atoms. The Balaban J connectivity index is 1.90. The smallest absolute Gasteiger partial charge is 0.233 e. The SMILES string of the molecule is CO[C@H]1CCN(C(=O)CC(=O)Nc2cccc(Cl)c2C)C1. The van der Waals surface area contributed by atoms with E-state index < -0.39 is 0 Å². The van der Waals surface area contributed by atoms with Gasteiger partial charge in [0.2, 0.25) is 11.8 Å². The third kappa shape index (κ3) is 3.95. The molecule has 1 aliphatic heterocycles. The number of likely N-dealkylation sites (tertiary alicyclic amines) is 1. The van der Waals surface area contributed by atoms with Gasteiger partial charge < -0.3 is 15.0 Å². The van der Waals surface area contributed by atoms with Gasteiger partial charge in [-0.1, -0.05) is 17.7 Å². The van der Waals surface area contributed by atoms with Gasteiger partial charge in [0.05, 0.1) is 6.10 Å². The van der Waals surface area contributed by atoms with Gasteiger partial charge in [-0.15, -0.1) is 0 Å². The Morgan fingerprint density at radius 2 is 2.24 bits per heavy atom. The lowest BCUT2D eigenvalue weighted by molar-refractivity contribution is -0.134. The third-order valence-corrected chi connectivity index (χ3v) is 4.09. The zero-order valence-electron chi connectivity index (χ0n) is 12.2. The average Bonchev–Trinajstić information content (AvgIpc) is 2.93. The minimum absolute atomic E-state index is 0.0761. The number of methoxy groups -OCH3 is 1. The molecule has 0 aliphatic carbocycles.